The van der Waals surface area contributed by atoms with Crippen molar-refractivity contribution in [1.29, 1.82) is 0 Å². The van der Waals surface area contributed by atoms with Crippen molar-refractivity contribution in [3.63, 3.8) is 0 Å². The summed E-state index contributed by atoms with van der Waals surface area (Å²) in [6.45, 7) is 1.58. The van der Waals surface area contributed by atoms with Gasteiger partial charge in [-0.25, -0.2) is 10.5 Å². The van der Waals surface area contributed by atoms with E-state index in [9.17, 15) is 13.0 Å². The van der Waals surface area contributed by atoms with Crippen molar-refractivity contribution in [2.45, 2.75) is 21.6 Å². The summed E-state index contributed by atoms with van der Waals surface area (Å²) in [6, 6.07) is 5.42. The molecule has 14 heteroatoms. The van der Waals surface area contributed by atoms with E-state index in [1.54, 1.807) is 6.92 Å². The van der Waals surface area contributed by atoms with Gasteiger partial charge >= 0.3 is 0 Å². The Labute approximate surface area is 161 Å². The summed E-state index contributed by atoms with van der Waals surface area (Å²) in [7, 11) is -4.50. The van der Waals surface area contributed by atoms with Gasteiger partial charge in [-0.05, 0) is 36.6 Å². The minimum absolute atomic E-state index is 0.266. The Bertz CT molecular complexity index is 919. The first-order valence-electron chi connectivity index (χ1n) is 6.42. The van der Waals surface area contributed by atoms with E-state index in [2.05, 4.69) is 24.1 Å². The maximum absolute atomic E-state index is 11.6. The van der Waals surface area contributed by atoms with Crippen molar-refractivity contribution >= 4 is 67.9 Å². The molecule has 0 fully saturated rings. The summed E-state index contributed by atoms with van der Waals surface area (Å²) in [5, 5.41) is 27.4. The Kier molecular flexibility index (Phi) is 7.56. The SMILES string of the molecule is CC(=S)Nc1cc(S(=O)(=O)O)cc2cc(SOOO)cc(SOOO)c12. The fourth-order valence-corrected chi connectivity index (χ4v) is 3.85. The standard InChI is InChI=1S/C12H11NO9S4/c1-6(23)13-10-5-9(26(16,17)18)3-7-2-8(24-21-19-14)4-11(12(7)10)25-22-20-15/h2-5,14-15H,1H3,(H,13,23)(H,16,17,18). The molecule has 0 saturated heterocycles. The van der Waals surface area contributed by atoms with E-state index in [1.807, 2.05) is 0 Å². The average molecular weight is 441 g/mol. The molecule has 0 aliphatic heterocycles. The Balaban J connectivity index is 2.76. The molecule has 0 amide bonds. The van der Waals surface area contributed by atoms with Gasteiger partial charge in [0.05, 0.1) is 34.0 Å². The van der Waals surface area contributed by atoms with Crippen LogP contribution in [0.1, 0.15) is 6.92 Å². The quantitative estimate of drug-likeness (QED) is 0.155. The molecular formula is C12H11NO9S4. The molecule has 2 aromatic carbocycles. The van der Waals surface area contributed by atoms with Crippen LogP contribution in [0.15, 0.2) is 39.0 Å². The highest BCUT2D eigenvalue weighted by Gasteiger charge is 2.18. The average Bonchev–Trinajstić information content (AvgIpc) is 2.56. The largest absolute Gasteiger partial charge is 0.350 e. The molecule has 142 valence electrons. The van der Waals surface area contributed by atoms with Crippen molar-refractivity contribution < 1.29 is 42.2 Å². The van der Waals surface area contributed by atoms with Crippen LogP contribution in [-0.2, 0) is 28.9 Å². The number of benzene rings is 2. The van der Waals surface area contributed by atoms with Crippen molar-refractivity contribution in [3.8, 4) is 0 Å². The van der Waals surface area contributed by atoms with Gasteiger partial charge in [0.25, 0.3) is 10.1 Å². The molecule has 4 N–H and O–H groups in total. The lowest BCUT2D eigenvalue weighted by atomic mass is 10.1. The van der Waals surface area contributed by atoms with Crippen LogP contribution in [-0.4, -0.2) is 28.5 Å². The van der Waals surface area contributed by atoms with Gasteiger partial charge in [-0.2, -0.15) is 8.42 Å². The number of rotatable bonds is 8. The highest BCUT2D eigenvalue weighted by molar-refractivity contribution is 7.95. The molecule has 0 saturated carbocycles. The minimum Gasteiger partial charge on any atom is -0.350 e. The maximum Gasteiger partial charge on any atom is 0.294 e. The molecule has 0 aromatic heterocycles. The van der Waals surface area contributed by atoms with Gasteiger partial charge in [0.2, 0.25) is 0 Å². The molecule has 0 atom stereocenters. The Morgan fingerprint density at radius 2 is 1.77 bits per heavy atom. The number of hydrogen-bond donors (Lipinski definition) is 4. The lowest BCUT2D eigenvalue weighted by molar-refractivity contribution is -0.432. The van der Waals surface area contributed by atoms with Gasteiger partial charge in [0, 0.05) is 20.9 Å². The summed E-state index contributed by atoms with van der Waals surface area (Å²) in [5.41, 5.74) is 0.266. The smallest absolute Gasteiger partial charge is 0.294 e. The van der Waals surface area contributed by atoms with E-state index in [0.717, 1.165) is 0 Å². The number of nitrogens with one attached hydrogen (secondary N) is 1. The molecular weight excluding hydrogens is 430 g/mol. The maximum atomic E-state index is 11.6. The van der Waals surface area contributed by atoms with E-state index in [-0.39, 0.29) is 10.6 Å². The molecule has 0 aliphatic rings. The fraction of sp³-hybridized carbons (Fsp3) is 0.0833. The second kappa shape index (κ2) is 9.25. The van der Waals surface area contributed by atoms with Gasteiger partial charge < -0.3 is 5.32 Å². The minimum atomic E-state index is -4.50. The van der Waals surface area contributed by atoms with Gasteiger partial charge in [-0.15, -0.1) is 8.67 Å². The van der Waals surface area contributed by atoms with Crippen LogP contribution in [0.3, 0.4) is 0 Å². The molecule has 10 nitrogen and oxygen atoms in total. The van der Waals surface area contributed by atoms with Crippen molar-refractivity contribution in [1.82, 2.24) is 0 Å². The third-order valence-electron chi connectivity index (χ3n) is 2.88. The zero-order valence-corrected chi connectivity index (χ0v) is 16.0. The van der Waals surface area contributed by atoms with Crippen LogP contribution in [0.25, 0.3) is 10.8 Å². The predicted octanol–water partition coefficient (Wildman–Crippen LogP) is 3.70. The third-order valence-corrected chi connectivity index (χ3v) is 5.00. The summed E-state index contributed by atoms with van der Waals surface area (Å²) in [4.78, 5) is 0.694. The molecule has 2 rings (SSSR count). The van der Waals surface area contributed by atoms with Crippen molar-refractivity contribution in [3.05, 3.63) is 24.3 Å². The Hall–Kier alpha value is -1.04. The molecule has 0 radical (unpaired) electrons. The van der Waals surface area contributed by atoms with Crippen LogP contribution < -0.4 is 5.32 Å². The lowest BCUT2D eigenvalue weighted by Gasteiger charge is -2.14. The second-order valence-electron chi connectivity index (χ2n) is 4.60. The first-order chi connectivity index (χ1) is 12.3. The molecule has 26 heavy (non-hydrogen) atoms. The van der Waals surface area contributed by atoms with Crippen molar-refractivity contribution in [2.24, 2.45) is 0 Å². The number of anilines is 1. The lowest BCUT2D eigenvalue weighted by Crippen LogP contribution is -2.07. The topological polar surface area (TPSA) is 144 Å². The molecule has 0 heterocycles. The molecule has 0 unspecified atom stereocenters. The summed E-state index contributed by atoms with van der Waals surface area (Å²) in [6.07, 6.45) is 0. The predicted molar refractivity (Wildman–Crippen MR) is 97.0 cm³/mol. The molecule has 0 spiro atoms. The van der Waals surface area contributed by atoms with E-state index in [0.29, 0.717) is 49.6 Å². The van der Waals surface area contributed by atoms with Gasteiger partial charge in [-0.3, -0.25) is 4.55 Å². The number of hydrogen-bond acceptors (Lipinski definition) is 11. The Morgan fingerprint density at radius 1 is 1.12 bits per heavy atom. The van der Waals surface area contributed by atoms with E-state index in [4.69, 9.17) is 22.7 Å². The van der Waals surface area contributed by atoms with Crippen LogP contribution in [0.5, 0.6) is 0 Å². The first kappa shape index (κ1) is 21.3. The van der Waals surface area contributed by atoms with Gasteiger partial charge in [-0.1, -0.05) is 22.3 Å². The van der Waals surface area contributed by atoms with E-state index < -0.39 is 10.1 Å². The number of thiocarbonyl (C=S) groups is 1. The Morgan fingerprint density at radius 3 is 2.35 bits per heavy atom. The third kappa shape index (κ3) is 5.48. The van der Waals surface area contributed by atoms with E-state index in [1.165, 1.54) is 24.3 Å². The fourth-order valence-electron chi connectivity index (χ4n) is 2.08. The zero-order chi connectivity index (χ0) is 19.3. The summed E-state index contributed by atoms with van der Waals surface area (Å²) in [5.74, 6) is 0. The zero-order valence-electron chi connectivity index (χ0n) is 12.7. The van der Waals surface area contributed by atoms with Gasteiger partial charge in [0.15, 0.2) is 0 Å². The number of fused-ring (bicyclic) bond motifs is 1. The summed E-state index contributed by atoms with van der Waals surface area (Å²) >= 11 is 6.22. The first-order valence-corrected chi connectivity index (χ1v) is 9.76. The van der Waals surface area contributed by atoms with E-state index >= 15 is 0 Å². The van der Waals surface area contributed by atoms with Crippen LogP contribution in [0.2, 0.25) is 0 Å². The molecule has 2 aromatic rings. The molecule has 0 aliphatic carbocycles. The normalized spacial score (nSPS) is 11.7. The monoisotopic (exact) mass is 441 g/mol. The van der Waals surface area contributed by atoms with Crippen LogP contribution in [0, 0.1) is 0 Å². The highest BCUT2D eigenvalue weighted by Crippen LogP contribution is 2.39. The highest BCUT2D eigenvalue weighted by atomic mass is 32.2. The van der Waals surface area contributed by atoms with Crippen LogP contribution >= 0.6 is 36.3 Å². The van der Waals surface area contributed by atoms with Crippen molar-refractivity contribution in [2.75, 3.05) is 5.32 Å². The van der Waals surface area contributed by atoms with Crippen LogP contribution in [0.4, 0.5) is 5.69 Å². The second-order valence-corrected chi connectivity index (χ2v) is 8.15. The van der Waals surface area contributed by atoms with Gasteiger partial charge in [0.1, 0.15) is 0 Å². The molecule has 0 bridgehead atoms. The summed E-state index contributed by atoms with van der Waals surface area (Å²) < 4.78 is 41.3.